The van der Waals surface area contributed by atoms with Crippen LogP contribution < -0.4 is 4.74 Å². The lowest BCUT2D eigenvalue weighted by Crippen LogP contribution is -2.04. The van der Waals surface area contributed by atoms with Crippen molar-refractivity contribution in [3.63, 3.8) is 0 Å². The van der Waals surface area contributed by atoms with E-state index in [0.29, 0.717) is 0 Å². The fourth-order valence-electron chi connectivity index (χ4n) is 1.74. The van der Waals surface area contributed by atoms with Gasteiger partial charge in [-0.2, -0.15) is 13.2 Å². The summed E-state index contributed by atoms with van der Waals surface area (Å²) in [6, 6.07) is 7.11. The van der Waals surface area contributed by atoms with E-state index in [9.17, 15) is 28.1 Å². The number of halogens is 4. The number of nitro groups is 1. The van der Waals surface area contributed by atoms with Gasteiger partial charge in [-0.25, -0.2) is 0 Å². The number of benzene rings is 2. The summed E-state index contributed by atoms with van der Waals surface area (Å²) in [5.74, 6) is 0.0965. The van der Waals surface area contributed by atoms with Crippen LogP contribution in [-0.2, 0) is 6.18 Å². The van der Waals surface area contributed by atoms with Crippen molar-refractivity contribution in [2.75, 3.05) is 0 Å². The zero-order chi connectivity index (χ0) is 17.2. The summed E-state index contributed by atoms with van der Waals surface area (Å²) >= 11 is 5.27. The van der Waals surface area contributed by atoms with Crippen molar-refractivity contribution in [3.8, 4) is 11.5 Å². The van der Waals surface area contributed by atoms with Crippen LogP contribution in [0.25, 0.3) is 0 Å². The summed E-state index contributed by atoms with van der Waals surface area (Å²) in [5.41, 5.74) is -1.71. The van der Waals surface area contributed by atoms with Crippen LogP contribution in [0, 0.1) is 10.1 Å². The molecular formula is C14H7ClF3NO4. The van der Waals surface area contributed by atoms with Gasteiger partial charge in [0.1, 0.15) is 17.1 Å². The van der Waals surface area contributed by atoms with E-state index < -0.39 is 27.6 Å². The zero-order valence-electron chi connectivity index (χ0n) is 11.1. The number of nitrogens with zero attached hydrogens (tertiary/aromatic N) is 1. The molecule has 2 aromatic rings. The van der Waals surface area contributed by atoms with Crippen molar-refractivity contribution < 1.29 is 27.6 Å². The molecule has 9 heteroatoms. The van der Waals surface area contributed by atoms with Gasteiger partial charge >= 0.3 is 6.18 Å². The lowest BCUT2D eigenvalue weighted by atomic mass is 10.2. The topological polar surface area (TPSA) is 69.4 Å². The van der Waals surface area contributed by atoms with Gasteiger partial charge in [0.2, 0.25) is 0 Å². The summed E-state index contributed by atoms with van der Waals surface area (Å²) < 4.78 is 42.6. The Morgan fingerprint density at radius 2 is 1.65 bits per heavy atom. The molecule has 0 aliphatic heterocycles. The largest absolute Gasteiger partial charge is 0.457 e. The number of carbonyl (C=O) groups is 1. The van der Waals surface area contributed by atoms with Gasteiger partial charge < -0.3 is 4.74 Å². The van der Waals surface area contributed by atoms with Crippen molar-refractivity contribution in [3.05, 3.63) is 63.7 Å². The van der Waals surface area contributed by atoms with Crippen LogP contribution in [0.15, 0.2) is 42.5 Å². The van der Waals surface area contributed by atoms with Gasteiger partial charge in [-0.1, -0.05) is 0 Å². The first-order chi connectivity index (χ1) is 10.7. The normalized spacial score (nSPS) is 11.1. The average Bonchev–Trinajstić information content (AvgIpc) is 2.46. The second-order valence-corrected chi connectivity index (χ2v) is 4.68. The van der Waals surface area contributed by atoms with Gasteiger partial charge in [0, 0.05) is 6.07 Å². The van der Waals surface area contributed by atoms with Crippen LogP contribution in [0.5, 0.6) is 11.5 Å². The van der Waals surface area contributed by atoms with Crippen molar-refractivity contribution in [1.29, 1.82) is 0 Å². The monoisotopic (exact) mass is 345 g/mol. The van der Waals surface area contributed by atoms with Crippen LogP contribution in [0.2, 0.25) is 0 Å². The zero-order valence-corrected chi connectivity index (χ0v) is 11.9. The predicted molar refractivity (Wildman–Crippen MR) is 74.8 cm³/mol. The Kier molecular flexibility index (Phi) is 4.55. The maximum atomic E-state index is 12.5. The van der Waals surface area contributed by atoms with Crippen molar-refractivity contribution in [2.24, 2.45) is 0 Å². The van der Waals surface area contributed by atoms with Crippen LogP contribution in [0.1, 0.15) is 15.9 Å². The van der Waals surface area contributed by atoms with E-state index in [4.69, 9.17) is 16.3 Å². The maximum absolute atomic E-state index is 12.5. The molecule has 0 bridgehead atoms. The third-order valence-corrected chi connectivity index (χ3v) is 3.00. The first kappa shape index (κ1) is 16.8. The number of rotatable bonds is 4. The van der Waals surface area contributed by atoms with E-state index in [1.165, 1.54) is 6.07 Å². The van der Waals surface area contributed by atoms with Gasteiger partial charge in [0.25, 0.3) is 10.9 Å². The molecule has 0 heterocycles. The van der Waals surface area contributed by atoms with Gasteiger partial charge in [-0.05, 0) is 48.0 Å². The highest BCUT2D eigenvalue weighted by atomic mass is 35.5. The Balaban J connectivity index is 2.28. The summed E-state index contributed by atoms with van der Waals surface area (Å²) in [5, 5.41) is 9.73. The SMILES string of the molecule is O=C(Cl)c1cc(Oc2ccc(C(F)(F)F)cc2)ccc1[N+](=O)[O-]. The minimum Gasteiger partial charge on any atom is -0.457 e. The Hall–Kier alpha value is -2.61. The van der Waals surface area contributed by atoms with Gasteiger partial charge in [0.05, 0.1) is 10.5 Å². The number of ether oxygens (including phenoxy) is 1. The minimum absolute atomic E-state index is 0.0272. The average molecular weight is 346 g/mol. The summed E-state index contributed by atoms with van der Waals surface area (Å²) in [6.07, 6.45) is -4.47. The molecule has 0 aliphatic carbocycles. The van der Waals surface area contributed by atoms with Crippen LogP contribution in [0.3, 0.4) is 0 Å². The Morgan fingerprint density at radius 1 is 1.09 bits per heavy atom. The third kappa shape index (κ3) is 3.98. The summed E-state index contributed by atoms with van der Waals surface area (Å²) in [4.78, 5) is 21.2. The molecule has 0 aliphatic rings. The van der Waals surface area contributed by atoms with Gasteiger partial charge in [-0.15, -0.1) is 0 Å². The molecule has 2 rings (SSSR count). The lowest BCUT2D eigenvalue weighted by molar-refractivity contribution is -0.385. The first-order valence-corrected chi connectivity index (χ1v) is 6.39. The smallest absolute Gasteiger partial charge is 0.416 e. The molecule has 0 unspecified atom stereocenters. The van der Waals surface area contributed by atoms with Crippen LogP contribution >= 0.6 is 11.6 Å². The molecule has 0 amide bonds. The van der Waals surface area contributed by atoms with Crippen LogP contribution in [0.4, 0.5) is 18.9 Å². The van der Waals surface area contributed by atoms with Crippen molar-refractivity contribution in [1.82, 2.24) is 0 Å². The van der Waals surface area contributed by atoms with Crippen molar-refractivity contribution in [2.45, 2.75) is 6.18 Å². The van der Waals surface area contributed by atoms with E-state index in [-0.39, 0.29) is 17.1 Å². The number of hydrogen-bond acceptors (Lipinski definition) is 4. The number of hydrogen-bond donors (Lipinski definition) is 0. The standard InChI is InChI=1S/C14H7ClF3NO4/c15-13(20)11-7-10(5-6-12(11)19(21)22)23-9-3-1-8(2-4-9)14(16,17)18/h1-7H. The van der Waals surface area contributed by atoms with Crippen LogP contribution in [-0.4, -0.2) is 10.2 Å². The minimum atomic E-state index is -4.47. The van der Waals surface area contributed by atoms with E-state index in [1.54, 1.807) is 0 Å². The molecule has 2 aromatic carbocycles. The van der Waals surface area contributed by atoms with Gasteiger partial charge in [0.15, 0.2) is 0 Å². The molecule has 120 valence electrons. The molecule has 0 spiro atoms. The summed E-state index contributed by atoms with van der Waals surface area (Å²) in [7, 11) is 0. The molecule has 23 heavy (non-hydrogen) atoms. The fraction of sp³-hybridized carbons (Fsp3) is 0.0714. The molecule has 0 atom stereocenters. The second-order valence-electron chi connectivity index (χ2n) is 4.33. The molecule has 0 fully saturated rings. The molecule has 0 radical (unpaired) electrons. The molecule has 0 aromatic heterocycles. The molecule has 0 saturated heterocycles. The highest BCUT2D eigenvalue weighted by molar-refractivity contribution is 6.68. The summed E-state index contributed by atoms with van der Waals surface area (Å²) in [6.45, 7) is 0. The Bertz CT molecular complexity index is 760. The molecule has 0 saturated carbocycles. The third-order valence-electron chi connectivity index (χ3n) is 2.79. The second kappa shape index (κ2) is 6.25. The highest BCUT2D eigenvalue weighted by Gasteiger charge is 2.30. The predicted octanol–water partition coefficient (Wildman–Crippen LogP) is 4.78. The first-order valence-electron chi connectivity index (χ1n) is 6.02. The quantitative estimate of drug-likeness (QED) is 0.454. The Morgan fingerprint density at radius 3 is 2.13 bits per heavy atom. The van der Waals surface area contributed by atoms with E-state index in [1.807, 2.05) is 0 Å². The van der Waals surface area contributed by atoms with Gasteiger partial charge in [-0.3, -0.25) is 14.9 Å². The van der Waals surface area contributed by atoms with E-state index in [2.05, 4.69) is 0 Å². The van der Waals surface area contributed by atoms with Crippen molar-refractivity contribution >= 4 is 22.5 Å². The number of alkyl halides is 3. The fourth-order valence-corrected chi connectivity index (χ4v) is 1.89. The molecule has 5 nitrogen and oxygen atoms in total. The number of carbonyl (C=O) groups excluding carboxylic acids is 1. The molecular weight excluding hydrogens is 339 g/mol. The lowest BCUT2D eigenvalue weighted by Gasteiger charge is -2.09. The van der Waals surface area contributed by atoms with E-state index in [0.717, 1.165) is 36.4 Å². The maximum Gasteiger partial charge on any atom is 0.416 e. The highest BCUT2D eigenvalue weighted by Crippen LogP contribution is 2.32. The molecule has 0 N–H and O–H groups in total. The number of nitro benzene ring substituents is 1. The van der Waals surface area contributed by atoms with E-state index >= 15 is 0 Å². The Labute approximate surface area is 132 Å².